The summed E-state index contributed by atoms with van der Waals surface area (Å²) in [4.78, 5) is 33.6. The number of rotatable bonds is 3. The maximum Gasteiger partial charge on any atom is 0.256 e. The van der Waals surface area contributed by atoms with Crippen LogP contribution >= 0.6 is 0 Å². The molecule has 1 aliphatic rings. The number of ether oxygens (including phenoxy) is 1. The monoisotopic (exact) mass is 375 g/mol. The molecule has 0 aliphatic carbocycles. The Balaban J connectivity index is 1.44. The predicted octanol–water partition coefficient (Wildman–Crippen LogP) is 2.84. The topological polar surface area (TPSA) is 62.7 Å². The number of amides is 2. The van der Waals surface area contributed by atoms with E-state index in [4.69, 9.17) is 4.74 Å². The van der Waals surface area contributed by atoms with Crippen LogP contribution in [0.3, 0.4) is 0 Å². The summed E-state index contributed by atoms with van der Waals surface area (Å²) in [6.45, 7) is 2.03. The molecule has 0 radical (unpaired) electrons. The van der Waals surface area contributed by atoms with Gasteiger partial charge < -0.3 is 14.5 Å². The average Bonchev–Trinajstić information content (AvgIpc) is 2.78. The molecule has 1 fully saturated rings. The van der Waals surface area contributed by atoms with Gasteiger partial charge in [0, 0.05) is 43.3 Å². The first-order valence-corrected chi connectivity index (χ1v) is 9.24. The van der Waals surface area contributed by atoms with Gasteiger partial charge in [0.25, 0.3) is 11.8 Å². The van der Waals surface area contributed by atoms with Crippen molar-refractivity contribution in [3.63, 3.8) is 0 Å². The molecule has 0 saturated carbocycles. The Kier molecular flexibility index (Phi) is 4.93. The number of benzene rings is 2. The van der Waals surface area contributed by atoms with Gasteiger partial charge in [0.05, 0.1) is 18.2 Å². The van der Waals surface area contributed by atoms with Crippen molar-refractivity contribution in [2.75, 3.05) is 33.3 Å². The number of fused-ring (bicyclic) bond motifs is 1. The van der Waals surface area contributed by atoms with Crippen molar-refractivity contribution in [2.45, 2.75) is 0 Å². The largest absolute Gasteiger partial charge is 0.497 e. The molecule has 0 atom stereocenters. The molecular weight excluding hydrogens is 354 g/mol. The van der Waals surface area contributed by atoms with Gasteiger partial charge in [-0.15, -0.1) is 0 Å². The van der Waals surface area contributed by atoms with Gasteiger partial charge in [-0.1, -0.05) is 18.2 Å². The number of para-hydroxylation sites is 1. The number of hydrogen-bond acceptors (Lipinski definition) is 4. The minimum Gasteiger partial charge on any atom is -0.497 e. The molecule has 2 aromatic carbocycles. The van der Waals surface area contributed by atoms with Crippen molar-refractivity contribution >= 4 is 22.7 Å². The Morgan fingerprint density at radius 3 is 2.18 bits per heavy atom. The molecule has 3 aromatic rings. The lowest BCUT2D eigenvalue weighted by Crippen LogP contribution is -2.50. The first kappa shape index (κ1) is 18.0. The molecule has 0 unspecified atom stereocenters. The summed E-state index contributed by atoms with van der Waals surface area (Å²) in [5.74, 6) is 0.651. The molecule has 4 rings (SSSR count). The van der Waals surface area contributed by atoms with Gasteiger partial charge >= 0.3 is 0 Å². The van der Waals surface area contributed by atoms with E-state index in [0.717, 1.165) is 11.1 Å². The van der Waals surface area contributed by atoms with Crippen molar-refractivity contribution in [1.29, 1.82) is 0 Å². The summed E-state index contributed by atoms with van der Waals surface area (Å²) in [5, 5.41) is 0.946. The maximum atomic E-state index is 13.0. The minimum absolute atomic E-state index is 0.0263. The molecule has 28 heavy (non-hydrogen) atoms. The molecule has 6 heteroatoms. The summed E-state index contributed by atoms with van der Waals surface area (Å²) < 4.78 is 5.13. The van der Waals surface area contributed by atoms with Gasteiger partial charge in [-0.3, -0.25) is 14.6 Å². The number of carbonyl (C=O) groups excluding carboxylic acids is 2. The fourth-order valence-electron chi connectivity index (χ4n) is 3.48. The zero-order valence-electron chi connectivity index (χ0n) is 15.7. The van der Waals surface area contributed by atoms with Crippen molar-refractivity contribution in [3.05, 3.63) is 71.9 Å². The fraction of sp³-hybridized carbons (Fsp3) is 0.227. The minimum atomic E-state index is -0.0409. The van der Waals surface area contributed by atoms with Crippen LogP contribution in [0.5, 0.6) is 5.75 Å². The van der Waals surface area contributed by atoms with Crippen molar-refractivity contribution < 1.29 is 14.3 Å². The third-order valence-corrected chi connectivity index (χ3v) is 5.05. The zero-order chi connectivity index (χ0) is 19.5. The fourth-order valence-corrected chi connectivity index (χ4v) is 3.48. The third-order valence-electron chi connectivity index (χ3n) is 5.05. The molecule has 0 bridgehead atoms. The van der Waals surface area contributed by atoms with Gasteiger partial charge in [-0.25, -0.2) is 0 Å². The number of aromatic nitrogens is 1. The SMILES string of the molecule is COc1ccc(C(=O)N2CCN(C(=O)c3cccc4cccnc34)CC2)cc1. The lowest BCUT2D eigenvalue weighted by molar-refractivity contribution is 0.0536. The van der Waals surface area contributed by atoms with E-state index in [1.165, 1.54) is 0 Å². The van der Waals surface area contributed by atoms with Crippen LogP contribution in [0.4, 0.5) is 0 Å². The van der Waals surface area contributed by atoms with Crippen LogP contribution < -0.4 is 4.74 Å². The van der Waals surface area contributed by atoms with Crippen molar-refractivity contribution in [3.8, 4) is 5.75 Å². The highest BCUT2D eigenvalue weighted by Crippen LogP contribution is 2.19. The summed E-state index contributed by atoms with van der Waals surface area (Å²) in [5.41, 5.74) is 1.94. The van der Waals surface area contributed by atoms with Crippen LogP contribution in [0, 0.1) is 0 Å². The smallest absolute Gasteiger partial charge is 0.256 e. The molecule has 2 amide bonds. The Morgan fingerprint density at radius 1 is 0.857 bits per heavy atom. The van der Waals surface area contributed by atoms with Crippen LogP contribution in [0.15, 0.2) is 60.8 Å². The lowest BCUT2D eigenvalue weighted by Gasteiger charge is -2.35. The van der Waals surface area contributed by atoms with E-state index in [9.17, 15) is 9.59 Å². The maximum absolute atomic E-state index is 13.0. The number of carbonyl (C=O) groups is 2. The predicted molar refractivity (Wildman–Crippen MR) is 107 cm³/mol. The van der Waals surface area contributed by atoms with Gasteiger partial charge in [-0.05, 0) is 36.4 Å². The Hall–Kier alpha value is -3.41. The van der Waals surface area contributed by atoms with E-state index < -0.39 is 0 Å². The van der Waals surface area contributed by atoms with E-state index in [2.05, 4.69) is 4.98 Å². The highest BCUT2D eigenvalue weighted by Gasteiger charge is 2.26. The second-order valence-corrected chi connectivity index (χ2v) is 6.69. The molecule has 1 aliphatic heterocycles. The van der Waals surface area contributed by atoms with Crippen LogP contribution in [-0.4, -0.2) is 59.9 Å². The molecule has 142 valence electrons. The number of piperazine rings is 1. The van der Waals surface area contributed by atoms with E-state index in [1.807, 2.05) is 30.3 Å². The molecular formula is C22H21N3O3. The number of methoxy groups -OCH3 is 1. The molecule has 6 nitrogen and oxygen atoms in total. The molecule has 1 aromatic heterocycles. The van der Waals surface area contributed by atoms with Crippen LogP contribution in [0.25, 0.3) is 10.9 Å². The summed E-state index contributed by atoms with van der Waals surface area (Å²) in [6.07, 6.45) is 1.70. The highest BCUT2D eigenvalue weighted by atomic mass is 16.5. The van der Waals surface area contributed by atoms with Crippen molar-refractivity contribution in [1.82, 2.24) is 14.8 Å². The number of nitrogens with zero attached hydrogens (tertiary/aromatic N) is 3. The summed E-state index contributed by atoms with van der Waals surface area (Å²) >= 11 is 0. The summed E-state index contributed by atoms with van der Waals surface area (Å²) in [7, 11) is 1.60. The Bertz CT molecular complexity index is 1000. The first-order valence-electron chi connectivity index (χ1n) is 9.24. The van der Waals surface area contributed by atoms with E-state index in [0.29, 0.717) is 42.8 Å². The van der Waals surface area contributed by atoms with E-state index in [-0.39, 0.29) is 11.8 Å². The van der Waals surface area contributed by atoms with Gasteiger partial charge in [-0.2, -0.15) is 0 Å². The Labute approximate surface area is 163 Å². The van der Waals surface area contributed by atoms with Crippen molar-refractivity contribution in [2.24, 2.45) is 0 Å². The standard InChI is InChI=1S/C22H21N3O3/c1-28-18-9-7-17(8-10-18)21(26)24-12-14-25(15-13-24)22(27)19-6-2-4-16-5-3-11-23-20(16)19/h2-11H,12-15H2,1H3. The van der Waals surface area contributed by atoms with Crippen LogP contribution in [0.2, 0.25) is 0 Å². The highest BCUT2D eigenvalue weighted by molar-refractivity contribution is 6.05. The van der Waals surface area contributed by atoms with Gasteiger partial charge in [0.1, 0.15) is 5.75 Å². The number of pyridine rings is 1. The quantitative estimate of drug-likeness (QED) is 0.706. The number of hydrogen-bond donors (Lipinski definition) is 0. The normalized spacial score (nSPS) is 14.2. The molecule has 2 heterocycles. The lowest BCUT2D eigenvalue weighted by atomic mass is 10.1. The van der Waals surface area contributed by atoms with E-state index >= 15 is 0 Å². The van der Waals surface area contributed by atoms with Crippen LogP contribution in [-0.2, 0) is 0 Å². The Morgan fingerprint density at radius 2 is 1.50 bits per heavy atom. The van der Waals surface area contributed by atoms with E-state index in [1.54, 1.807) is 47.4 Å². The second-order valence-electron chi connectivity index (χ2n) is 6.69. The zero-order valence-corrected chi connectivity index (χ0v) is 15.7. The van der Waals surface area contributed by atoms with Gasteiger partial charge in [0.2, 0.25) is 0 Å². The summed E-state index contributed by atoms with van der Waals surface area (Å²) in [6, 6.07) is 16.5. The third kappa shape index (κ3) is 3.41. The molecule has 0 N–H and O–H groups in total. The first-order chi connectivity index (χ1) is 13.7. The van der Waals surface area contributed by atoms with Crippen LogP contribution in [0.1, 0.15) is 20.7 Å². The molecule has 0 spiro atoms. The van der Waals surface area contributed by atoms with Gasteiger partial charge in [0.15, 0.2) is 0 Å². The average molecular weight is 375 g/mol. The molecule has 1 saturated heterocycles. The second kappa shape index (κ2) is 7.68.